The van der Waals surface area contributed by atoms with E-state index >= 15 is 0 Å². The highest BCUT2D eigenvalue weighted by Gasteiger charge is 2.15. The molecule has 0 bridgehead atoms. The number of nitro groups is 1. The summed E-state index contributed by atoms with van der Waals surface area (Å²) in [5.74, 6) is -0.261. The Hall–Kier alpha value is -2.11. The molecule has 0 atom stereocenters. The van der Waals surface area contributed by atoms with Crippen molar-refractivity contribution in [2.75, 3.05) is 18.9 Å². The number of unbranched alkanes of at least 4 members (excludes halogenated alkanes) is 1. The minimum Gasteiger partial charge on any atom is -0.379 e. The third-order valence-corrected chi connectivity index (χ3v) is 2.53. The van der Waals surface area contributed by atoms with Gasteiger partial charge in [0.25, 0.3) is 11.6 Å². The van der Waals surface area contributed by atoms with Crippen LogP contribution in [0, 0.1) is 10.1 Å². The number of hydrogen-bond donors (Lipinski definition) is 2. The zero-order valence-electron chi connectivity index (χ0n) is 10.5. The molecule has 0 heterocycles. The predicted molar refractivity (Wildman–Crippen MR) is 69.9 cm³/mol. The number of rotatable bonds is 6. The first-order valence-electron chi connectivity index (χ1n) is 5.84. The Morgan fingerprint density at radius 2 is 2.17 bits per heavy atom. The van der Waals surface area contributed by atoms with Crippen LogP contribution in [-0.4, -0.2) is 24.4 Å². The average molecular weight is 251 g/mol. The third kappa shape index (κ3) is 3.44. The molecular formula is C12H17N3O3. The maximum absolute atomic E-state index is 11.5. The second-order valence-electron chi connectivity index (χ2n) is 3.85. The molecule has 1 amide bonds. The van der Waals surface area contributed by atoms with Crippen molar-refractivity contribution in [1.29, 1.82) is 0 Å². The van der Waals surface area contributed by atoms with Crippen molar-refractivity contribution in [3.05, 3.63) is 33.9 Å². The maximum Gasteiger partial charge on any atom is 0.292 e. The van der Waals surface area contributed by atoms with Crippen molar-refractivity contribution in [1.82, 2.24) is 5.32 Å². The zero-order valence-corrected chi connectivity index (χ0v) is 10.5. The first kappa shape index (κ1) is 14.0. The fourth-order valence-corrected chi connectivity index (χ4v) is 1.52. The van der Waals surface area contributed by atoms with Crippen molar-refractivity contribution in [3.63, 3.8) is 0 Å². The standard InChI is InChI=1S/C12H17N3O3/c1-3-4-7-14-10-8-9(12(16)13-2)5-6-11(10)15(17)18/h5-6,8,14H,3-4,7H2,1-2H3,(H,13,16). The molecule has 6 nitrogen and oxygen atoms in total. The lowest BCUT2D eigenvalue weighted by atomic mass is 10.1. The van der Waals surface area contributed by atoms with Crippen LogP contribution in [0.3, 0.4) is 0 Å². The van der Waals surface area contributed by atoms with Gasteiger partial charge >= 0.3 is 0 Å². The Balaban J connectivity index is 2.99. The molecule has 18 heavy (non-hydrogen) atoms. The lowest BCUT2D eigenvalue weighted by Gasteiger charge is -2.08. The number of anilines is 1. The van der Waals surface area contributed by atoms with E-state index in [0.717, 1.165) is 12.8 Å². The molecule has 1 aromatic rings. The summed E-state index contributed by atoms with van der Waals surface area (Å²) < 4.78 is 0. The molecule has 0 fully saturated rings. The average Bonchev–Trinajstić information content (AvgIpc) is 2.37. The van der Waals surface area contributed by atoms with Gasteiger partial charge in [-0.3, -0.25) is 14.9 Å². The van der Waals surface area contributed by atoms with Gasteiger partial charge in [0.2, 0.25) is 0 Å². The van der Waals surface area contributed by atoms with Crippen LogP contribution >= 0.6 is 0 Å². The van der Waals surface area contributed by atoms with Crippen molar-refractivity contribution < 1.29 is 9.72 Å². The Bertz CT molecular complexity index is 446. The van der Waals surface area contributed by atoms with Crippen molar-refractivity contribution >= 4 is 17.3 Å². The molecule has 0 aliphatic carbocycles. The van der Waals surface area contributed by atoms with Gasteiger partial charge in [0.15, 0.2) is 0 Å². The second-order valence-corrected chi connectivity index (χ2v) is 3.85. The van der Waals surface area contributed by atoms with E-state index in [1.54, 1.807) is 0 Å². The molecule has 2 N–H and O–H groups in total. The van der Waals surface area contributed by atoms with Crippen LogP contribution < -0.4 is 10.6 Å². The SMILES string of the molecule is CCCCNc1cc(C(=O)NC)ccc1[N+](=O)[O-]. The summed E-state index contributed by atoms with van der Waals surface area (Å²) in [4.78, 5) is 21.9. The van der Waals surface area contributed by atoms with E-state index < -0.39 is 4.92 Å². The number of hydrogen-bond acceptors (Lipinski definition) is 4. The Morgan fingerprint density at radius 3 is 2.72 bits per heavy atom. The number of carbonyl (C=O) groups excluding carboxylic acids is 1. The number of nitro benzene ring substituents is 1. The summed E-state index contributed by atoms with van der Waals surface area (Å²) in [5, 5.41) is 16.4. The van der Waals surface area contributed by atoms with Crippen LogP contribution in [0.2, 0.25) is 0 Å². The van der Waals surface area contributed by atoms with Gasteiger partial charge in [-0.05, 0) is 18.6 Å². The van der Waals surface area contributed by atoms with Crippen LogP contribution in [0.25, 0.3) is 0 Å². The lowest BCUT2D eigenvalue weighted by molar-refractivity contribution is -0.384. The summed E-state index contributed by atoms with van der Waals surface area (Å²) in [6.07, 6.45) is 1.91. The van der Waals surface area contributed by atoms with Gasteiger partial charge < -0.3 is 10.6 Å². The van der Waals surface area contributed by atoms with Gasteiger partial charge in [0.1, 0.15) is 5.69 Å². The van der Waals surface area contributed by atoms with E-state index in [9.17, 15) is 14.9 Å². The molecule has 0 aliphatic rings. The van der Waals surface area contributed by atoms with E-state index in [0.29, 0.717) is 17.8 Å². The maximum atomic E-state index is 11.5. The molecule has 98 valence electrons. The van der Waals surface area contributed by atoms with Crippen molar-refractivity contribution in [3.8, 4) is 0 Å². The van der Waals surface area contributed by atoms with E-state index in [4.69, 9.17) is 0 Å². The largest absolute Gasteiger partial charge is 0.379 e. The lowest BCUT2D eigenvalue weighted by Crippen LogP contribution is -2.18. The van der Waals surface area contributed by atoms with E-state index in [2.05, 4.69) is 10.6 Å². The van der Waals surface area contributed by atoms with Crippen LogP contribution in [0.15, 0.2) is 18.2 Å². The first-order valence-corrected chi connectivity index (χ1v) is 5.84. The Morgan fingerprint density at radius 1 is 1.44 bits per heavy atom. The molecule has 0 aromatic heterocycles. The molecule has 1 rings (SSSR count). The predicted octanol–water partition coefficient (Wildman–Crippen LogP) is 2.17. The third-order valence-electron chi connectivity index (χ3n) is 2.53. The highest BCUT2D eigenvalue weighted by Crippen LogP contribution is 2.25. The fourth-order valence-electron chi connectivity index (χ4n) is 1.52. The van der Waals surface area contributed by atoms with Crippen molar-refractivity contribution in [2.45, 2.75) is 19.8 Å². The summed E-state index contributed by atoms with van der Waals surface area (Å²) in [6.45, 7) is 2.69. The second kappa shape index (κ2) is 6.58. The molecule has 0 spiro atoms. The molecule has 0 unspecified atom stereocenters. The van der Waals surface area contributed by atoms with Gasteiger partial charge in [-0.15, -0.1) is 0 Å². The highest BCUT2D eigenvalue weighted by atomic mass is 16.6. The fraction of sp³-hybridized carbons (Fsp3) is 0.417. The number of amides is 1. The summed E-state index contributed by atoms with van der Waals surface area (Å²) in [6, 6.07) is 4.30. The molecule has 0 aliphatic heterocycles. The number of carbonyl (C=O) groups is 1. The van der Waals surface area contributed by atoms with Gasteiger partial charge in [-0.1, -0.05) is 13.3 Å². The highest BCUT2D eigenvalue weighted by molar-refractivity contribution is 5.95. The number of nitrogens with zero attached hydrogens (tertiary/aromatic N) is 1. The van der Waals surface area contributed by atoms with Crippen LogP contribution in [0.4, 0.5) is 11.4 Å². The first-order chi connectivity index (χ1) is 8.60. The summed E-state index contributed by atoms with van der Waals surface area (Å²) >= 11 is 0. The van der Waals surface area contributed by atoms with Gasteiger partial charge in [-0.2, -0.15) is 0 Å². The zero-order chi connectivity index (χ0) is 13.5. The minimum absolute atomic E-state index is 0.0150. The molecule has 0 saturated heterocycles. The Labute approximate surface area is 106 Å². The van der Waals surface area contributed by atoms with Gasteiger partial charge in [0.05, 0.1) is 4.92 Å². The molecular weight excluding hydrogens is 234 g/mol. The smallest absolute Gasteiger partial charge is 0.292 e. The summed E-state index contributed by atoms with van der Waals surface area (Å²) in [7, 11) is 1.52. The summed E-state index contributed by atoms with van der Waals surface area (Å²) in [5.41, 5.74) is 0.774. The van der Waals surface area contributed by atoms with E-state index in [1.807, 2.05) is 6.92 Å². The van der Waals surface area contributed by atoms with E-state index in [1.165, 1.54) is 25.2 Å². The molecule has 6 heteroatoms. The monoisotopic (exact) mass is 251 g/mol. The number of nitrogens with one attached hydrogen (secondary N) is 2. The van der Waals surface area contributed by atoms with E-state index in [-0.39, 0.29) is 11.6 Å². The topological polar surface area (TPSA) is 84.3 Å². The number of benzene rings is 1. The van der Waals surface area contributed by atoms with Gasteiger partial charge in [-0.25, -0.2) is 0 Å². The van der Waals surface area contributed by atoms with Crippen LogP contribution in [0.1, 0.15) is 30.1 Å². The quantitative estimate of drug-likeness (QED) is 0.461. The van der Waals surface area contributed by atoms with Crippen molar-refractivity contribution in [2.24, 2.45) is 0 Å². The molecule has 0 saturated carbocycles. The normalized spacial score (nSPS) is 9.89. The van der Waals surface area contributed by atoms with Gasteiger partial charge in [0, 0.05) is 25.2 Å². The van der Waals surface area contributed by atoms with Crippen LogP contribution in [0.5, 0.6) is 0 Å². The molecule has 0 radical (unpaired) electrons. The van der Waals surface area contributed by atoms with Crippen LogP contribution in [-0.2, 0) is 0 Å². The Kier molecular flexibility index (Phi) is 5.10. The minimum atomic E-state index is -0.456. The molecule has 1 aromatic carbocycles.